The Morgan fingerprint density at radius 2 is 1.47 bits per heavy atom. The zero-order chi connectivity index (χ0) is 11.4. The van der Waals surface area contributed by atoms with E-state index in [-0.39, 0.29) is 13.1 Å². The van der Waals surface area contributed by atoms with Crippen molar-refractivity contribution in [1.29, 1.82) is 0 Å². The molecule has 0 saturated carbocycles. The number of imide groups is 2. The number of carbonyl (C=O) groups excluding carboxylic acids is 3. The van der Waals surface area contributed by atoms with Crippen molar-refractivity contribution in [2.75, 3.05) is 27.3 Å². The van der Waals surface area contributed by atoms with Crippen molar-refractivity contribution in [3.63, 3.8) is 0 Å². The summed E-state index contributed by atoms with van der Waals surface area (Å²) in [5.74, 6) is 0. The molecule has 4 amide bonds. The highest BCUT2D eigenvalue weighted by atomic mass is 16.6. The normalized spacial score (nSPS) is 16.3. The lowest BCUT2D eigenvalue weighted by atomic mass is 10.3. The number of carbonyl (C=O) groups is 3. The van der Waals surface area contributed by atoms with Crippen LogP contribution in [-0.2, 0) is 9.47 Å². The van der Waals surface area contributed by atoms with Crippen LogP contribution in [0.25, 0.3) is 0 Å². The molecule has 1 aliphatic rings. The molecule has 0 atom stereocenters. The summed E-state index contributed by atoms with van der Waals surface area (Å²) in [4.78, 5) is 35.6. The van der Waals surface area contributed by atoms with E-state index in [0.29, 0.717) is 6.42 Å². The lowest BCUT2D eigenvalue weighted by molar-refractivity contribution is 0.0882. The molecule has 1 saturated heterocycles. The number of hydrogen-bond donors (Lipinski definition) is 0. The molecule has 0 unspecified atom stereocenters. The standard InChI is InChI=1S/C8H12N2O5/c1-14-7(12)9-4-3-5-10(6(9)11)8(13)15-2/h3-5H2,1-2H3. The van der Waals surface area contributed by atoms with Gasteiger partial charge < -0.3 is 9.47 Å². The van der Waals surface area contributed by atoms with Crippen LogP contribution in [0.15, 0.2) is 0 Å². The van der Waals surface area contributed by atoms with E-state index in [1.54, 1.807) is 0 Å². The Morgan fingerprint density at radius 3 is 1.80 bits per heavy atom. The molecule has 0 aliphatic carbocycles. The minimum absolute atomic E-state index is 0.249. The number of methoxy groups -OCH3 is 2. The quantitative estimate of drug-likeness (QED) is 0.594. The van der Waals surface area contributed by atoms with Gasteiger partial charge in [0, 0.05) is 13.1 Å². The molecular weight excluding hydrogens is 204 g/mol. The van der Waals surface area contributed by atoms with Crippen LogP contribution in [0.2, 0.25) is 0 Å². The van der Waals surface area contributed by atoms with Gasteiger partial charge in [0.2, 0.25) is 0 Å². The van der Waals surface area contributed by atoms with Crippen LogP contribution in [0.5, 0.6) is 0 Å². The number of hydrogen-bond acceptors (Lipinski definition) is 5. The third-order valence-corrected chi connectivity index (χ3v) is 2.02. The monoisotopic (exact) mass is 216 g/mol. The van der Waals surface area contributed by atoms with Gasteiger partial charge >= 0.3 is 18.2 Å². The fourth-order valence-electron chi connectivity index (χ4n) is 1.28. The van der Waals surface area contributed by atoms with Gasteiger partial charge in [-0.2, -0.15) is 0 Å². The van der Waals surface area contributed by atoms with Crippen molar-refractivity contribution in [3.05, 3.63) is 0 Å². The summed E-state index contributed by atoms with van der Waals surface area (Å²) in [5, 5.41) is 0. The molecule has 0 aromatic rings. The smallest absolute Gasteiger partial charge is 0.417 e. The summed E-state index contributed by atoms with van der Waals surface area (Å²) in [6.45, 7) is 0.498. The number of ether oxygens (including phenoxy) is 2. The van der Waals surface area contributed by atoms with Crippen LogP contribution < -0.4 is 0 Å². The second-order valence-electron chi connectivity index (χ2n) is 2.88. The van der Waals surface area contributed by atoms with Gasteiger partial charge in [0.1, 0.15) is 0 Å². The van der Waals surface area contributed by atoms with E-state index in [0.717, 1.165) is 9.80 Å². The first kappa shape index (κ1) is 11.3. The van der Waals surface area contributed by atoms with Gasteiger partial charge in [-0.05, 0) is 6.42 Å². The van der Waals surface area contributed by atoms with Crippen molar-refractivity contribution >= 4 is 18.2 Å². The van der Waals surface area contributed by atoms with E-state index >= 15 is 0 Å². The maximum atomic E-state index is 11.6. The first-order valence-electron chi connectivity index (χ1n) is 4.36. The molecule has 1 rings (SSSR count). The second kappa shape index (κ2) is 4.63. The Bertz CT molecular complexity index is 265. The Labute approximate surface area is 86.5 Å². The molecule has 0 aromatic carbocycles. The highest BCUT2D eigenvalue weighted by molar-refractivity contribution is 5.99. The van der Waals surface area contributed by atoms with Gasteiger partial charge in [0.05, 0.1) is 14.2 Å². The zero-order valence-electron chi connectivity index (χ0n) is 8.56. The first-order chi connectivity index (χ1) is 7.11. The molecule has 7 nitrogen and oxygen atoms in total. The van der Waals surface area contributed by atoms with E-state index in [1.165, 1.54) is 14.2 Å². The molecule has 15 heavy (non-hydrogen) atoms. The summed E-state index contributed by atoms with van der Waals surface area (Å²) >= 11 is 0. The number of nitrogens with zero attached hydrogens (tertiary/aromatic N) is 2. The Kier molecular flexibility index (Phi) is 3.48. The van der Waals surface area contributed by atoms with Crippen LogP contribution in [0.1, 0.15) is 6.42 Å². The van der Waals surface area contributed by atoms with Crippen LogP contribution in [-0.4, -0.2) is 55.3 Å². The third-order valence-electron chi connectivity index (χ3n) is 2.02. The highest BCUT2D eigenvalue weighted by Crippen LogP contribution is 2.11. The second-order valence-corrected chi connectivity index (χ2v) is 2.88. The highest BCUT2D eigenvalue weighted by Gasteiger charge is 2.35. The van der Waals surface area contributed by atoms with Crippen LogP contribution in [0.4, 0.5) is 14.4 Å². The molecule has 0 spiro atoms. The van der Waals surface area contributed by atoms with Crippen LogP contribution in [0.3, 0.4) is 0 Å². The van der Waals surface area contributed by atoms with Gasteiger partial charge in [-0.1, -0.05) is 0 Å². The molecule has 7 heteroatoms. The average molecular weight is 216 g/mol. The van der Waals surface area contributed by atoms with Gasteiger partial charge in [0.15, 0.2) is 0 Å². The lowest BCUT2D eigenvalue weighted by Gasteiger charge is -2.30. The summed E-state index contributed by atoms with van der Waals surface area (Å²) in [5.41, 5.74) is 0. The minimum atomic E-state index is -0.770. The van der Waals surface area contributed by atoms with Gasteiger partial charge in [-0.3, -0.25) is 0 Å². The summed E-state index contributed by atoms with van der Waals surface area (Å²) in [6.07, 6.45) is -1.03. The van der Waals surface area contributed by atoms with E-state index in [4.69, 9.17) is 0 Å². The zero-order valence-corrected chi connectivity index (χ0v) is 8.56. The molecule has 1 heterocycles. The first-order valence-corrected chi connectivity index (χ1v) is 4.36. The Balaban J connectivity index is 2.75. The molecule has 0 N–H and O–H groups in total. The van der Waals surface area contributed by atoms with E-state index in [2.05, 4.69) is 9.47 Å². The van der Waals surface area contributed by atoms with E-state index < -0.39 is 18.2 Å². The fourth-order valence-corrected chi connectivity index (χ4v) is 1.28. The SMILES string of the molecule is COC(=O)N1CCCN(C(=O)OC)C1=O. The molecule has 1 aliphatic heterocycles. The largest absolute Gasteiger partial charge is 0.452 e. The Hall–Kier alpha value is -1.79. The molecule has 0 bridgehead atoms. The van der Waals surface area contributed by atoms with Crippen molar-refractivity contribution in [2.24, 2.45) is 0 Å². The molecule has 0 radical (unpaired) electrons. The predicted octanol–water partition coefficient (Wildman–Crippen LogP) is 0.647. The van der Waals surface area contributed by atoms with Crippen molar-refractivity contribution in [2.45, 2.75) is 6.42 Å². The lowest BCUT2D eigenvalue weighted by Crippen LogP contribution is -2.53. The molecule has 84 valence electrons. The average Bonchev–Trinajstić information content (AvgIpc) is 2.27. The molecule has 1 fully saturated rings. The summed E-state index contributed by atoms with van der Waals surface area (Å²) < 4.78 is 8.82. The van der Waals surface area contributed by atoms with E-state index in [1.807, 2.05) is 0 Å². The van der Waals surface area contributed by atoms with Crippen molar-refractivity contribution < 1.29 is 23.9 Å². The summed E-state index contributed by atoms with van der Waals surface area (Å²) in [7, 11) is 2.35. The summed E-state index contributed by atoms with van der Waals surface area (Å²) in [6, 6.07) is -0.708. The topological polar surface area (TPSA) is 76.2 Å². The Morgan fingerprint density at radius 1 is 1.07 bits per heavy atom. The van der Waals surface area contributed by atoms with Crippen LogP contribution >= 0.6 is 0 Å². The number of urea groups is 1. The van der Waals surface area contributed by atoms with Crippen molar-refractivity contribution in [3.8, 4) is 0 Å². The van der Waals surface area contributed by atoms with Crippen molar-refractivity contribution in [1.82, 2.24) is 9.80 Å². The number of rotatable bonds is 0. The number of amides is 4. The van der Waals surface area contributed by atoms with Gasteiger partial charge in [-0.15, -0.1) is 0 Å². The van der Waals surface area contributed by atoms with Gasteiger partial charge in [0.25, 0.3) is 0 Å². The van der Waals surface area contributed by atoms with E-state index in [9.17, 15) is 14.4 Å². The molecular formula is C8H12N2O5. The van der Waals surface area contributed by atoms with Gasteiger partial charge in [-0.25, -0.2) is 24.2 Å². The minimum Gasteiger partial charge on any atom is -0.452 e. The van der Waals surface area contributed by atoms with Crippen LogP contribution in [0, 0.1) is 0 Å². The predicted molar refractivity (Wildman–Crippen MR) is 48.2 cm³/mol. The molecule has 0 aromatic heterocycles. The fraction of sp³-hybridized carbons (Fsp3) is 0.625. The maximum absolute atomic E-state index is 11.6. The third kappa shape index (κ3) is 2.17. The maximum Gasteiger partial charge on any atom is 0.417 e.